The highest BCUT2D eigenvalue weighted by Gasteiger charge is 2.08. The van der Waals surface area contributed by atoms with Crippen molar-refractivity contribution in [1.82, 2.24) is 15.3 Å². The molecule has 1 aromatic rings. The number of imidazole rings is 1. The Hall–Kier alpha value is -0.190. The summed E-state index contributed by atoms with van der Waals surface area (Å²) in [6.45, 7) is 8.65. The third kappa shape index (κ3) is 7.71. The van der Waals surface area contributed by atoms with Crippen LogP contribution in [0.4, 0.5) is 0 Å². The molecule has 0 radical (unpaired) electrons. The Balaban J connectivity index is 0.00000196. The molecule has 0 atom stereocenters. The van der Waals surface area contributed by atoms with Crippen LogP contribution < -0.4 is 5.32 Å². The highest BCUT2D eigenvalue weighted by molar-refractivity contribution is 8.00. The second-order valence-corrected chi connectivity index (χ2v) is 6.14. The van der Waals surface area contributed by atoms with Crippen LogP contribution in [0.3, 0.4) is 0 Å². The molecular weight excluding hydrogens is 230 g/mol. The zero-order chi connectivity index (χ0) is 10.4. The fourth-order valence-corrected chi connectivity index (χ4v) is 1.89. The van der Waals surface area contributed by atoms with Crippen LogP contribution in [0.25, 0.3) is 0 Å². The van der Waals surface area contributed by atoms with Gasteiger partial charge in [0.25, 0.3) is 0 Å². The molecule has 0 aliphatic rings. The fourth-order valence-electron chi connectivity index (χ4n) is 1.03. The van der Waals surface area contributed by atoms with Crippen molar-refractivity contribution in [3.8, 4) is 0 Å². The Morgan fingerprint density at radius 3 is 2.73 bits per heavy atom. The van der Waals surface area contributed by atoms with Gasteiger partial charge in [-0.2, -0.15) is 11.8 Å². The molecule has 0 unspecified atom stereocenters. The maximum absolute atomic E-state index is 3.96. The molecule has 2 N–H and O–H groups in total. The molecular formula is C10H20ClN3S. The van der Waals surface area contributed by atoms with Gasteiger partial charge in [0.15, 0.2) is 0 Å². The van der Waals surface area contributed by atoms with Crippen LogP contribution in [0, 0.1) is 0 Å². The van der Waals surface area contributed by atoms with Crippen molar-refractivity contribution >= 4 is 24.2 Å². The summed E-state index contributed by atoms with van der Waals surface area (Å²) in [6.07, 6.45) is 3.56. The third-order valence-corrected chi connectivity index (χ3v) is 2.96. The molecule has 0 aromatic carbocycles. The Labute approximate surface area is 102 Å². The minimum absolute atomic E-state index is 0. The van der Waals surface area contributed by atoms with E-state index in [2.05, 4.69) is 36.1 Å². The van der Waals surface area contributed by atoms with Gasteiger partial charge in [0.05, 0.1) is 6.33 Å². The van der Waals surface area contributed by atoms with E-state index in [1.807, 2.05) is 18.0 Å². The first kappa shape index (κ1) is 14.8. The van der Waals surface area contributed by atoms with E-state index in [9.17, 15) is 0 Å². The maximum atomic E-state index is 3.96. The van der Waals surface area contributed by atoms with Crippen molar-refractivity contribution in [2.24, 2.45) is 0 Å². The van der Waals surface area contributed by atoms with Gasteiger partial charge in [-0.3, -0.25) is 0 Å². The number of rotatable bonds is 5. The zero-order valence-electron chi connectivity index (χ0n) is 9.54. The van der Waals surface area contributed by atoms with Gasteiger partial charge in [-0.25, -0.2) is 4.98 Å². The number of thioether (sulfide) groups is 1. The molecule has 0 aliphatic heterocycles. The molecule has 1 rings (SSSR count). The number of hydrogen-bond acceptors (Lipinski definition) is 3. The van der Waals surface area contributed by atoms with Crippen LogP contribution in [0.1, 0.15) is 26.5 Å². The Bertz CT molecular complexity index is 244. The second kappa shape index (κ2) is 7.14. The molecule has 0 fully saturated rings. The third-order valence-electron chi connectivity index (χ3n) is 1.68. The monoisotopic (exact) mass is 249 g/mol. The van der Waals surface area contributed by atoms with Crippen molar-refractivity contribution < 1.29 is 0 Å². The van der Waals surface area contributed by atoms with Crippen molar-refractivity contribution in [1.29, 1.82) is 0 Å². The van der Waals surface area contributed by atoms with E-state index in [0.29, 0.717) is 4.75 Å². The van der Waals surface area contributed by atoms with Crippen molar-refractivity contribution in [3.05, 3.63) is 18.2 Å². The van der Waals surface area contributed by atoms with E-state index in [1.165, 1.54) is 0 Å². The summed E-state index contributed by atoms with van der Waals surface area (Å²) < 4.78 is 0.371. The minimum Gasteiger partial charge on any atom is -0.347 e. The molecule has 0 spiro atoms. The lowest BCUT2D eigenvalue weighted by Gasteiger charge is -2.17. The summed E-state index contributed by atoms with van der Waals surface area (Å²) in [6, 6.07) is 0. The van der Waals surface area contributed by atoms with Gasteiger partial charge in [0.2, 0.25) is 0 Å². The largest absolute Gasteiger partial charge is 0.347 e. The van der Waals surface area contributed by atoms with E-state index in [4.69, 9.17) is 0 Å². The molecule has 3 nitrogen and oxygen atoms in total. The highest BCUT2D eigenvalue weighted by atomic mass is 35.5. The molecule has 1 aromatic heterocycles. The number of hydrogen-bond donors (Lipinski definition) is 2. The zero-order valence-corrected chi connectivity index (χ0v) is 11.2. The second-order valence-electron chi connectivity index (χ2n) is 4.21. The molecule has 0 bridgehead atoms. The van der Waals surface area contributed by atoms with Crippen LogP contribution in [-0.2, 0) is 6.54 Å². The number of aromatic nitrogens is 2. The predicted octanol–water partition coefficient (Wildman–Crippen LogP) is 2.45. The van der Waals surface area contributed by atoms with E-state index in [0.717, 1.165) is 24.5 Å². The number of nitrogens with one attached hydrogen (secondary N) is 2. The van der Waals surface area contributed by atoms with Crippen LogP contribution in [0.2, 0.25) is 0 Å². The summed E-state index contributed by atoms with van der Waals surface area (Å²) in [5.41, 5.74) is 1.14. The van der Waals surface area contributed by atoms with Crippen molar-refractivity contribution in [2.45, 2.75) is 32.1 Å². The van der Waals surface area contributed by atoms with Crippen LogP contribution in [-0.4, -0.2) is 27.0 Å². The number of aromatic amines is 1. The fraction of sp³-hybridized carbons (Fsp3) is 0.700. The van der Waals surface area contributed by atoms with E-state index in [1.54, 1.807) is 6.33 Å². The SMILES string of the molecule is CC(C)(C)SCCNCc1cnc[nH]1.Cl. The van der Waals surface area contributed by atoms with Crippen LogP contribution >= 0.6 is 24.2 Å². The van der Waals surface area contributed by atoms with Gasteiger partial charge in [-0.15, -0.1) is 12.4 Å². The van der Waals surface area contributed by atoms with E-state index < -0.39 is 0 Å². The summed E-state index contributed by atoms with van der Waals surface area (Å²) in [5.74, 6) is 1.15. The predicted molar refractivity (Wildman–Crippen MR) is 69.8 cm³/mol. The molecule has 1 heterocycles. The molecule has 0 saturated heterocycles. The minimum atomic E-state index is 0. The molecule has 0 saturated carbocycles. The molecule has 0 aliphatic carbocycles. The Morgan fingerprint density at radius 2 is 2.20 bits per heavy atom. The first-order valence-electron chi connectivity index (χ1n) is 4.90. The van der Waals surface area contributed by atoms with Crippen LogP contribution in [0.15, 0.2) is 12.5 Å². The average Bonchev–Trinajstić information content (AvgIpc) is 2.54. The average molecular weight is 250 g/mol. The van der Waals surface area contributed by atoms with Crippen molar-refractivity contribution in [3.63, 3.8) is 0 Å². The lowest BCUT2D eigenvalue weighted by Crippen LogP contribution is -2.19. The first-order valence-corrected chi connectivity index (χ1v) is 5.88. The number of H-pyrrole nitrogens is 1. The molecule has 88 valence electrons. The standard InChI is InChI=1S/C10H19N3S.ClH/c1-10(2,3)14-5-4-11-6-9-7-12-8-13-9;/h7-8,11H,4-6H2,1-3H3,(H,12,13);1H. The Morgan fingerprint density at radius 1 is 1.47 bits per heavy atom. The molecule has 15 heavy (non-hydrogen) atoms. The van der Waals surface area contributed by atoms with Gasteiger partial charge in [0.1, 0.15) is 0 Å². The van der Waals surface area contributed by atoms with Gasteiger partial charge in [-0.05, 0) is 0 Å². The highest BCUT2D eigenvalue weighted by Crippen LogP contribution is 2.21. The topological polar surface area (TPSA) is 40.7 Å². The van der Waals surface area contributed by atoms with E-state index in [-0.39, 0.29) is 12.4 Å². The van der Waals surface area contributed by atoms with Crippen LogP contribution in [0.5, 0.6) is 0 Å². The van der Waals surface area contributed by atoms with Gasteiger partial charge in [0, 0.05) is 35.5 Å². The number of halogens is 1. The summed E-state index contributed by atoms with van der Waals surface area (Å²) >= 11 is 1.98. The summed E-state index contributed by atoms with van der Waals surface area (Å²) in [4.78, 5) is 7.02. The first-order chi connectivity index (χ1) is 6.58. The van der Waals surface area contributed by atoms with Gasteiger partial charge >= 0.3 is 0 Å². The summed E-state index contributed by atoms with van der Waals surface area (Å²) in [5, 5.41) is 3.37. The number of nitrogens with zero attached hydrogens (tertiary/aromatic N) is 1. The Kier molecular flexibility index (Phi) is 7.05. The van der Waals surface area contributed by atoms with Gasteiger partial charge in [-0.1, -0.05) is 20.8 Å². The maximum Gasteiger partial charge on any atom is 0.0922 e. The quantitative estimate of drug-likeness (QED) is 0.788. The lowest BCUT2D eigenvalue weighted by molar-refractivity contribution is 0.714. The molecule has 5 heteroatoms. The molecule has 0 amide bonds. The van der Waals surface area contributed by atoms with Gasteiger partial charge < -0.3 is 10.3 Å². The van der Waals surface area contributed by atoms with Crippen molar-refractivity contribution in [2.75, 3.05) is 12.3 Å². The lowest BCUT2D eigenvalue weighted by atomic mass is 10.3. The van der Waals surface area contributed by atoms with E-state index >= 15 is 0 Å². The summed E-state index contributed by atoms with van der Waals surface area (Å²) in [7, 11) is 0. The normalized spacial score (nSPS) is 11.1. The smallest absolute Gasteiger partial charge is 0.0922 e.